The van der Waals surface area contributed by atoms with Gasteiger partial charge in [0.2, 0.25) is 5.91 Å². The smallest absolute Gasteiger partial charge is 0.261 e. The first-order valence-corrected chi connectivity index (χ1v) is 13.3. The maximum atomic E-state index is 13.1. The van der Waals surface area contributed by atoms with Crippen LogP contribution in [0.25, 0.3) is 21.0 Å². The minimum Gasteiger partial charge on any atom is -0.325 e. The van der Waals surface area contributed by atoms with Gasteiger partial charge in [0, 0.05) is 61.5 Å². The lowest BCUT2D eigenvalue weighted by Crippen LogP contribution is -2.51. The molecule has 6 rings (SSSR count). The van der Waals surface area contributed by atoms with Crippen LogP contribution in [0.5, 0.6) is 0 Å². The average molecular weight is 514 g/mol. The minimum atomic E-state index is -0.226. The summed E-state index contributed by atoms with van der Waals surface area (Å²) in [6.07, 6.45) is 0. The van der Waals surface area contributed by atoms with E-state index < -0.39 is 0 Å². The fourth-order valence-electron chi connectivity index (χ4n) is 5.22. The molecule has 3 heterocycles. The van der Waals surface area contributed by atoms with Gasteiger partial charge < -0.3 is 5.32 Å². The van der Waals surface area contributed by atoms with Crippen molar-refractivity contribution < 1.29 is 14.4 Å². The molecule has 3 aromatic carbocycles. The molecule has 188 valence electrons. The number of carbonyl (C=O) groups excluding carboxylic acids is 3. The SMILES string of the molecule is Cc1nc2ccc(NC(=O)CN3CCN(CCN4C(=O)c5cccc6cccc(c56)C4=O)CC3)cc2s1. The number of rotatable bonds is 6. The fourth-order valence-corrected chi connectivity index (χ4v) is 6.08. The van der Waals surface area contributed by atoms with Crippen LogP contribution in [0, 0.1) is 6.92 Å². The zero-order chi connectivity index (χ0) is 25.5. The molecular formula is C28H27N5O3S. The number of thiazole rings is 1. The molecule has 1 fully saturated rings. The third-order valence-corrected chi connectivity index (χ3v) is 8.04. The summed E-state index contributed by atoms with van der Waals surface area (Å²) in [5.41, 5.74) is 2.92. The fraction of sp³-hybridized carbons (Fsp3) is 0.286. The van der Waals surface area contributed by atoms with Gasteiger partial charge in [0.25, 0.3) is 11.8 Å². The zero-order valence-corrected chi connectivity index (χ0v) is 21.4. The molecule has 0 spiro atoms. The number of aryl methyl sites for hydroxylation is 1. The predicted molar refractivity (Wildman–Crippen MR) is 145 cm³/mol. The Balaban J connectivity index is 1.01. The molecule has 8 nitrogen and oxygen atoms in total. The number of imide groups is 1. The lowest BCUT2D eigenvalue weighted by atomic mass is 9.94. The Hall–Kier alpha value is -3.66. The van der Waals surface area contributed by atoms with Gasteiger partial charge in [-0.25, -0.2) is 4.98 Å². The molecule has 0 saturated carbocycles. The Bertz CT molecular complexity index is 1490. The molecule has 0 radical (unpaired) electrons. The highest BCUT2D eigenvalue weighted by Gasteiger charge is 2.33. The number of nitrogens with one attached hydrogen (secondary N) is 1. The van der Waals surface area contributed by atoms with E-state index >= 15 is 0 Å². The summed E-state index contributed by atoms with van der Waals surface area (Å²) < 4.78 is 1.06. The summed E-state index contributed by atoms with van der Waals surface area (Å²) in [7, 11) is 0. The number of carbonyl (C=O) groups is 3. The molecule has 2 aliphatic heterocycles. The molecule has 0 atom stereocenters. The molecule has 0 unspecified atom stereocenters. The van der Waals surface area contributed by atoms with Crippen LogP contribution in [0.1, 0.15) is 25.7 Å². The molecule has 0 bridgehead atoms. The monoisotopic (exact) mass is 513 g/mol. The van der Waals surface area contributed by atoms with Gasteiger partial charge in [-0.2, -0.15) is 0 Å². The molecular weight excluding hydrogens is 486 g/mol. The third kappa shape index (κ3) is 4.61. The number of nitrogens with zero attached hydrogens (tertiary/aromatic N) is 4. The van der Waals surface area contributed by atoms with E-state index in [0.717, 1.165) is 57.9 Å². The van der Waals surface area contributed by atoms with Crippen molar-refractivity contribution in [3.63, 3.8) is 0 Å². The summed E-state index contributed by atoms with van der Waals surface area (Å²) in [6, 6.07) is 17.0. The maximum absolute atomic E-state index is 13.1. The van der Waals surface area contributed by atoms with Crippen molar-refractivity contribution in [1.29, 1.82) is 0 Å². The van der Waals surface area contributed by atoms with Gasteiger partial charge in [0.15, 0.2) is 0 Å². The summed E-state index contributed by atoms with van der Waals surface area (Å²) in [5, 5.41) is 5.67. The summed E-state index contributed by atoms with van der Waals surface area (Å²) in [6.45, 7) is 6.34. The highest BCUT2D eigenvalue weighted by atomic mass is 32.1. The van der Waals surface area contributed by atoms with E-state index in [2.05, 4.69) is 20.1 Å². The quantitative estimate of drug-likeness (QED) is 0.397. The van der Waals surface area contributed by atoms with Crippen molar-refractivity contribution >= 4 is 55.7 Å². The summed E-state index contributed by atoms with van der Waals surface area (Å²) in [5.74, 6) is -0.487. The van der Waals surface area contributed by atoms with Crippen molar-refractivity contribution in [2.75, 3.05) is 51.1 Å². The van der Waals surface area contributed by atoms with E-state index in [1.807, 2.05) is 49.4 Å². The molecule has 1 N–H and O–H groups in total. The van der Waals surface area contributed by atoms with Crippen LogP contribution in [-0.2, 0) is 4.79 Å². The second-order valence-electron chi connectivity index (χ2n) is 9.55. The number of amides is 3. The van der Waals surface area contributed by atoms with Crippen LogP contribution in [-0.4, -0.2) is 83.2 Å². The zero-order valence-electron chi connectivity index (χ0n) is 20.6. The highest BCUT2D eigenvalue weighted by Crippen LogP contribution is 2.30. The molecule has 1 aromatic heterocycles. The highest BCUT2D eigenvalue weighted by molar-refractivity contribution is 7.18. The standard InChI is InChI=1S/C28H27N5O3S/c1-18-29-23-9-8-20(16-24(23)37-18)30-25(34)17-32-12-10-31(11-13-32)14-15-33-27(35)21-6-2-4-19-5-3-7-22(26(19)21)28(33)36/h2-9,16H,10-15,17H2,1H3,(H,30,34). The van der Waals surface area contributed by atoms with Crippen molar-refractivity contribution in [2.45, 2.75) is 6.92 Å². The lowest BCUT2D eigenvalue weighted by Gasteiger charge is -2.35. The van der Waals surface area contributed by atoms with Crippen LogP contribution in [0.15, 0.2) is 54.6 Å². The average Bonchev–Trinajstić information content (AvgIpc) is 3.27. The molecule has 3 amide bonds. The minimum absolute atomic E-state index is 0.0358. The lowest BCUT2D eigenvalue weighted by molar-refractivity contribution is -0.117. The first kappa shape index (κ1) is 23.7. The Morgan fingerprint density at radius 3 is 2.30 bits per heavy atom. The third-order valence-electron chi connectivity index (χ3n) is 7.11. The summed E-state index contributed by atoms with van der Waals surface area (Å²) >= 11 is 1.62. The number of hydrogen-bond donors (Lipinski definition) is 1. The maximum Gasteiger partial charge on any atom is 0.261 e. The normalized spacial score (nSPS) is 16.6. The first-order chi connectivity index (χ1) is 18.0. The Morgan fingerprint density at radius 1 is 0.919 bits per heavy atom. The molecule has 4 aromatic rings. The van der Waals surface area contributed by atoms with Crippen LogP contribution in [0.2, 0.25) is 0 Å². The second-order valence-corrected chi connectivity index (χ2v) is 10.8. The summed E-state index contributed by atoms with van der Waals surface area (Å²) in [4.78, 5) is 49.1. The van der Waals surface area contributed by atoms with Gasteiger partial charge in [-0.05, 0) is 42.6 Å². The largest absolute Gasteiger partial charge is 0.325 e. The van der Waals surface area contributed by atoms with E-state index in [1.54, 1.807) is 23.5 Å². The number of aromatic nitrogens is 1. The van der Waals surface area contributed by atoms with Crippen LogP contribution in [0.3, 0.4) is 0 Å². The Morgan fingerprint density at radius 2 is 1.59 bits per heavy atom. The van der Waals surface area contributed by atoms with Crippen molar-refractivity contribution in [3.05, 3.63) is 70.7 Å². The molecule has 0 aliphatic carbocycles. The Labute approximate surface area is 218 Å². The number of anilines is 1. The molecule has 9 heteroatoms. The van der Waals surface area contributed by atoms with E-state index in [-0.39, 0.29) is 17.7 Å². The number of fused-ring (bicyclic) bond motifs is 1. The van der Waals surface area contributed by atoms with Crippen molar-refractivity contribution in [3.8, 4) is 0 Å². The topological polar surface area (TPSA) is 85.8 Å². The Kier molecular flexibility index (Phi) is 6.19. The van der Waals surface area contributed by atoms with Gasteiger partial charge in [0.1, 0.15) is 0 Å². The van der Waals surface area contributed by atoms with Crippen LogP contribution >= 0.6 is 11.3 Å². The van der Waals surface area contributed by atoms with Gasteiger partial charge >= 0.3 is 0 Å². The van der Waals surface area contributed by atoms with Crippen LogP contribution < -0.4 is 5.32 Å². The van der Waals surface area contributed by atoms with Gasteiger partial charge in [-0.15, -0.1) is 11.3 Å². The molecule has 37 heavy (non-hydrogen) atoms. The number of hydrogen-bond acceptors (Lipinski definition) is 7. The van der Waals surface area contributed by atoms with E-state index in [0.29, 0.717) is 30.8 Å². The first-order valence-electron chi connectivity index (χ1n) is 12.5. The van der Waals surface area contributed by atoms with Crippen molar-refractivity contribution in [1.82, 2.24) is 19.7 Å². The number of benzene rings is 3. The van der Waals surface area contributed by atoms with Gasteiger partial charge in [0.05, 0.1) is 21.8 Å². The van der Waals surface area contributed by atoms with E-state index in [1.165, 1.54) is 4.90 Å². The van der Waals surface area contributed by atoms with Gasteiger partial charge in [-0.3, -0.25) is 29.1 Å². The van der Waals surface area contributed by atoms with Crippen LogP contribution in [0.4, 0.5) is 5.69 Å². The molecule has 1 saturated heterocycles. The van der Waals surface area contributed by atoms with E-state index in [4.69, 9.17) is 0 Å². The molecule has 2 aliphatic rings. The van der Waals surface area contributed by atoms with Crippen molar-refractivity contribution in [2.24, 2.45) is 0 Å². The second kappa shape index (κ2) is 9.66. The number of piperazine rings is 1. The van der Waals surface area contributed by atoms with E-state index in [9.17, 15) is 14.4 Å². The van der Waals surface area contributed by atoms with Gasteiger partial charge in [-0.1, -0.05) is 24.3 Å². The predicted octanol–water partition coefficient (Wildman–Crippen LogP) is 3.61.